The number of carbonyl (C=O) groups excluding carboxylic acids is 2. The standard InChI is InChI=1S/C18H15ClF2N2O2/c19-14-9-16(21)15(20)8-13(14)18(25)22-12-4-1-3-11(7-12)10-23-6-2-5-17(23)24/h1,3-4,7-9H,2,5-6,10H2,(H,22,25). The van der Waals surface area contributed by atoms with Crippen LogP contribution in [-0.4, -0.2) is 23.3 Å². The third kappa shape index (κ3) is 3.96. The Labute approximate surface area is 148 Å². The molecular weight excluding hydrogens is 350 g/mol. The summed E-state index contributed by atoms with van der Waals surface area (Å²) >= 11 is 5.81. The van der Waals surface area contributed by atoms with Gasteiger partial charge in [0.15, 0.2) is 11.6 Å². The van der Waals surface area contributed by atoms with Gasteiger partial charge in [-0.3, -0.25) is 9.59 Å². The molecule has 0 radical (unpaired) electrons. The molecule has 0 unspecified atom stereocenters. The van der Waals surface area contributed by atoms with Crippen molar-refractivity contribution in [3.05, 3.63) is 64.2 Å². The van der Waals surface area contributed by atoms with Gasteiger partial charge in [0.2, 0.25) is 5.91 Å². The number of hydrogen-bond acceptors (Lipinski definition) is 2. The van der Waals surface area contributed by atoms with Gasteiger partial charge in [0.1, 0.15) is 0 Å². The second kappa shape index (κ2) is 7.19. The van der Waals surface area contributed by atoms with E-state index in [2.05, 4.69) is 5.32 Å². The minimum absolute atomic E-state index is 0.114. The average Bonchev–Trinajstić information content (AvgIpc) is 2.96. The number of amides is 2. The highest BCUT2D eigenvalue weighted by atomic mass is 35.5. The van der Waals surface area contributed by atoms with E-state index >= 15 is 0 Å². The molecule has 1 saturated heterocycles. The number of nitrogens with one attached hydrogen (secondary N) is 1. The molecule has 0 spiro atoms. The molecule has 0 aromatic heterocycles. The number of benzene rings is 2. The van der Waals surface area contributed by atoms with Crippen molar-refractivity contribution in [1.82, 2.24) is 4.90 Å². The van der Waals surface area contributed by atoms with Crippen molar-refractivity contribution in [2.75, 3.05) is 11.9 Å². The SMILES string of the molecule is O=C(Nc1cccc(CN2CCCC2=O)c1)c1cc(F)c(F)cc1Cl. The fourth-order valence-electron chi connectivity index (χ4n) is 2.73. The van der Waals surface area contributed by atoms with E-state index in [9.17, 15) is 18.4 Å². The Kier molecular flexibility index (Phi) is 4.99. The molecule has 25 heavy (non-hydrogen) atoms. The molecule has 0 atom stereocenters. The second-order valence-corrected chi connectivity index (χ2v) is 6.23. The number of halogens is 3. The first-order valence-corrected chi connectivity index (χ1v) is 8.14. The van der Waals surface area contributed by atoms with Crippen molar-refractivity contribution in [2.45, 2.75) is 19.4 Å². The molecule has 1 N–H and O–H groups in total. The molecular formula is C18H15ClF2N2O2. The van der Waals surface area contributed by atoms with Crippen LogP contribution in [0, 0.1) is 11.6 Å². The second-order valence-electron chi connectivity index (χ2n) is 5.82. The molecule has 0 aliphatic carbocycles. The summed E-state index contributed by atoms with van der Waals surface area (Å²) in [5.74, 6) is -2.78. The van der Waals surface area contributed by atoms with E-state index in [0.717, 1.165) is 30.7 Å². The van der Waals surface area contributed by atoms with Crippen molar-refractivity contribution in [3.63, 3.8) is 0 Å². The Morgan fingerprint density at radius 3 is 2.68 bits per heavy atom. The summed E-state index contributed by atoms with van der Waals surface area (Å²) in [6, 6.07) is 8.53. The van der Waals surface area contributed by atoms with Crippen molar-refractivity contribution in [3.8, 4) is 0 Å². The highest BCUT2D eigenvalue weighted by Gasteiger charge is 2.20. The molecule has 0 bridgehead atoms. The number of hydrogen-bond donors (Lipinski definition) is 1. The van der Waals surface area contributed by atoms with Crippen molar-refractivity contribution < 1.29 is 18.4 Å². The fourth-order valence-corrected chi connectivity index (χ4v) is 2.97. The lowest BCUT2D eigenvalue weighted by Crippen LogP contribution is -2.23. The van der Waals surface area contributed by atoms with E-state index < -0.39 is 17.5 Å². The molecule has 3 rings (SSSR count). The Balaban J connectivity index is 1.74. The first kappa shape index (κ1) is 17.4. The lowest BCUT2D eigenvalue weighted by atomic mass is 10.1. The van der Waals surface area contributed by atoms with Crippen LogP contribution in [0.2, 0.25) is 5.02 Å². The average molecular weight is 365 g/mol. The predicted octanol–water partition coefficient (Wildman–Crippen LogP) is 3.99. The maximum atomic E-state index is 13.3. The zero-order valence-corrected chi connectivity index (χ0v) is 13.9. The number of rotatable bonds is 4. The quantitative estimate of drug-likeness (QED) is 0.834. The molecule has 7 heteroatoms. The van der Waals surface area contributed by atoms with Crippen LogP contribution in [0.5, 0.6) is 0 Å². The van der Waals surface area contributed by atoms with E-state index in [1.165, 1.54) is 0 Å². The highest BCUT2D eigenvalue weighted by Crippen LogP contribution is 2.22. The van der Waals surface area contributed by atoms with Crippen LogP contribution >= 0.6 is 11.6 Å². The summed E-state index contributed by atoms with van der Waals surface area (Å²) in [6.07, 6.45) is 1.41. The molecule has 1 aliphatic heterocycles. The van der Waals surface area contributed by atoms with Crippen LogP contribution in [0.1, 0.15) is 28.8 Å². The van der Waals surface area contributed by atoms with E-state index in [1.54, 1.807) is 23.1 Å². The van der Waals surface area contributed by atoms with Crippen LogP contribution in [0.15, 0.2) is 36.4 Å². The van der Waals surface area contributed by atoms with Gasteiger partial charge in [-0.1, -0.05) is 23.7 Å². The van der Waals surface area contributed by atoms with Gasteiger partial charge in [-0.05, 0) is 36.2 Å². The summed E-state index contributed by atoms with van der Waals surface area (Å²) in [7, 11) is 0. The number of nitrogens with zero attached hydrogens (tertiary/aromatic N) is 1. The monoisotopic (exact) mass is 364 g/mol. The van der Waals surface area contributed by atoms with Gasteiger partial charge in [0, 0.05) is 25.2 Å². The maximum Gasteiger partial charge on any atom is 0.257 e. The third-order valence-corrected chi connectivity index (χ3v) is 4.30. The highest BCUT2D eigenvalue weighted by molar-refractivity contribution is 6.34. The number of likely N-dealkylation sites (tertiary alicyclic amines) is 1. The zero-order valence-electron chi connectivity index (χ0n) is 13.2. The molecule has 130 valence electrons. The summed E-state index contributed by atoms with van der Waals surface area (Å²) in [4.78, 5) is 25.7. The predicted molar refractivity (Wildman–Crippen MR) is 90.4 cm³/mol. The van der Waals surface area contributed by atoms with Crippen LogP contribution in [0.3, 0.4) is 0 Å². The lowest BCUT2D eigenvalue weighted by Gasteiger charge is -2.16. The topological polar surface area (TPSA) is 49.4 Å². The molecule has 2 amide bonds. The summed E-state index contributed by atoms with van der Waals surface area (Å²) in [5, 5.41) is 2.44. The molecule has 1 fully saturated rings. The van der Waals surface area contributed by atoms with Crippen molar-refractivity contribution in [2.24, 2.45) is 0 Å². The van der Waals surface area contributed by atoms with Crippen LogP contribution < -0.4 is 5.32 Å². The Bertz CT molecular complexity index is 842. The van der Waals surface area contributed by atoms with Gasteiger partial charge in [-0.25, -0.2) is 8.78 Å². The molecule has 2 aromatic carbocycles. The van der Waals surface area contributed by atoms with Gasteiger partial charge in [-0.2, -0.15) is 0 Å². The van der Waals surface area contributed by atoms with Gasteiger partial charge in [-0.15, -0.1) is 0 Å². The summed E-state index contributed by atoms with van der Waals surface area (Å²) in [5.41, 5.74) is 1.19. The minimum Gasteiger partial charge on any atom is -0.338 e. The fraction of sp³-hybridized carbons (Fsp3) is 0.222. The zero-order chi connectivity index (χ0) is 18.0. The number of anilines is 1. The molecule has 1 heterocycles. The van der Waals surface area contributed by atoms with Crippen LogP contribution in [-0.2, 0) is 11.3 Å². The van der Waals surface area contributed by atoms with Crippen LogP contribution in [0.4, 0.5) is 14.5 Å². The Morgan fingerprint density at radius 2 is 1.96 bits per heavy atom. The smallest absolute Gasteiger partial charge is 0.257 e. The maximum absolute atomic E-state index is 13.3. The van der Waals surface area contributed by atoms with Gasteiger partial charge >= 0.3 is 0 Å². The summed E-state index contributed by atoms with van der Waals surface area (Å²) < 4.78 is 26.4. The largest absolute Gasteiger partial charge is 0.338 e. The molecule has 0 saturated carbocycles. The molecule has 4 nitrogen and oxygen atoms in total. The third-order valence-electron chi connectivity index (χ3n) is 3.98. The van der Waals surface area contributed by atoms with Crippen LogP contribution in [0.25, 0.3) is 0 Å². The first-order chi connectivity index (χ1) is 11.9. The normalized spacial score (nSPS) is 14.0. The van der Waals surface area contributed by atoms with Gasteiger partial charge < -0.3 is 10.2 Å². The first-order valence-electron chi connectivity index (χ1n) is 7.76. The Morgan fingerprint density at radius 1 is 1.20 bits per heavy atom. The number of carbonyl (C=O) groups is 2. The van der Waals surface area contributed by atoms with Gasteiger partial charge in [0.25, 0.3) is 5.91 Å². The van der Waals surface area contributed by atoms with E-state index in [1.807, 2.05) is 6.07 Å². The Hall–Kier alpha value is -2.47. The summed E-state index contributed by atoms with van der Waals surface area (Å²) in [6.45, 7) is 1.19. The molecule has 2 aromatic rings. The van der Waals surface area contributed by atoms with E-state index in [4.69, 9.17) is 11.6 Å². The van der Waals surface area contributed by atoms with E-state index in [-0.39, 0.29) is 16.5 Å². The lowest BCUT2D eigenvalue weighted by molar-refractivity contribution is -0.128. The minimum atomic E-state index is -1.14. The molecule has 1 aliphatic rings. The van der Waals surface area contributed by atoms with Crippen molar-refractivity contribution >= 4 is 29.1 Å². The van der Waals surface area contributed by atoms with Crippen molar-refractivity contribution in [1.29, 1.82) is 0 Å². The van der Waals surface area contributed by atoms with Gasteiger partial charge in [0.05, 0.1) is 10.6 Å². The van der Waals surface area contributed by atoms with E-state index in [0.29, 0.717) is 18.7 Å².